The molecule has 2 N–H and O–H groups in total. The van der Waals surface area contributed by atoms with Crippen LogP contribution < -0.4 is 0 Å². The number of benzene rings is 1. The van der Waals surface area contributed by atoms with E-state index in [1.807, 2.05) is 0 Å². The number of carbonyl (C=O) groups is 2. The second kappa shape index (κ2) is 17.9. The summed E-state index contributed by atoms with van der Waals surface area (Å²) in [6.45, 7) is 9.71. The Morgan fingerprint density at radius 2 is 1.37 bits per heavy atom. The lowest BCUT2D eigenvalue weighted by atomic mass is 9.81. The molecule has 38 heavy (non-hydrogen) atoms. The number of aliphatic hydroxyl groups excluding tert-OH is 2. The molecule has 0 aliphatic heterocycles. The van der Waals surface area contributed by atoms with Gasteiger partial charge in [-0.15, -0.1) is 0 Å². The highest BCUT2D eigenvalue weighted by Gasteiger charge is 2.23. The van der Waals surface area contributed by atoms with E-state index >= 15 is 0 Å². The molecule has 0 unspecified atom stereocenters. The molecule has 0 atom stereocenters. The van der Waals surface area contributed by atoms with Gasteiger partial charge < -0.3 is 24.4 Å². The highest BCUT2D eigenvalue weighted by atomic mass is 16.5. The number of hydrogen-bond acceptors (Lipinski definition) is 7. The van der Waals surface area contributed by atoms with Crippen molar-refractivity contribution in [3.8, 4) is 0 Å². The largest absolute Gasteiger partial charge is 0.462 e. The minimum Gasteiger partial charge on any atom is -0.462 e. The number of esters is 2. The molecule has 0 heterocycles. The Morgan fingerprint density at radius 3 is 1.84 bits per heavy atom. The zero-order chi connectivity index (χ0) is 27.8. The fourth-order valence-corrected chi connectivity index (χ4v) is 4.80. The zero-order valence-electron chi connectivity index (χ0n) is 23.0. The lowest BCUT2D eigenvalue weighted by Gasteiger charge is -2.29. The summed E-state index contributed by atoms with van der Waals surface area (Å²) in [7, 11) is 0. The SMILES string of the molecule is C=C(CO)C(=O)OCCCC(CCCOC(=O)C(=C)CO)c1ccc(C2CCC(OCCCC)CC2)cc1. The standard InChI is InChI=1S/C31H46O7/c1-4-5-18-36-29-16-14-28(15-17-29)27-12-10-26(11-13-27)25(8-6-19-37-30(34)23(2)21-32)9-7-20-38-31(35)24(3)22-33/h10-13,25,28-29,32-33H,2-9,14-22H2,1H3. The Balaban J connectivity index is 1.91. The van der Waals surface area contributed by atoms with Gasteiger partial charge in [0.15, 0.2) is 0 Å². The average Bonchev–Trinajstić information content (AvgIpc) is 2.95. The number of hydrogen-bond donors (Lipinski definition) is 2. The zero-order valence-corrected chi connectivity index (χ0v) is 23.0. The molecule has 1 aromatic carbocycles. The molecule has 1 aliphatic carbocycles. The lowest BCUT2D eigenvalue weighted by molar-refractivity contribution is -0.140. The second-order valence-corrected chi connectivity index (χ2v) is 10.1. The molecule has 0 spiro atoms. The third-order valence-corrected chi connectivity index (χ3v) is 7.22. The summed E-state index contributed by atoms with van der Waals surface area (Å²) < 4.78 is 16.4. The summed E-state index contributed by atoms with van der Waals surface area (Å²) in [5.74, 6) is -0.373. The van der Waals surface area contributed by atoms with Crippen molar-refractivity contribution in [2.45, 2.75) is 89.1 Å². The molecule has 0 aromatic heterocycles. The van der Waals surface area contributed by atoms with E-state index in [1.54, 1.807) is 0 Å². The molecule has 7 heteroatoms. The fourth-order valence-electron chi connectivity index (χ4n) is 4.80. The van der Waals surface area contributed by atoms with Crippen molar-refractivity contribution in [3.63, 3.8) is 0 Å². The van der Waals surface area contributed by atoms with Crippen molar-refractivity contribution >= 4 is 11.9 Å². The predicted octanol–water partition coefficient (Wildman–Crippen LogP) is 5.36. The number of ether oxygens (including phenoxy) is 3. The molecule has 1 saturated carbocycles. The molecule has 7 nitrogen and oxygen atoms in total. The van der Waals surface area contributed by atoms with Crippen molar-refractivity contribution in [1.29, 1.82) is 0 Å². The molecule has 0 bridgehead atoms. The highest BCUT2D eigenvalue weighted by molar-refractivity contribution is 5.88. The Hall–Kier alpha value is -2.48. The van der Waals surface area contributed by atoms with Crippen LogP contribution in [0.3, 0.4) is 0 Å². The third-order valence-electron chi connectivity index (χ3n) is 7.22. The summed E-state index contributed by atoms with van der Waals surface area (Å²) in [6, 6.07) is 8.87. The van der Waals surface area contributed by atoms with Crippen molar-refractivity contribution in [2.75, 3.05) is 33.0 Å². The van der Waals surface area contributed by atoms with E-state index < -0.39 is 25.2 Å². The third kappa shape index (κ3) is 11.1. The Bertz CT molecular complexity index is 833. The first-order chi connectivity index (χ1) is 18.4. The van der Waals surface area contributed by atoms with Gasteiger partial charge in [0, 0.05) is 6.61 Å². The van der Waals surface area contributed by atoms with Crippen LogP contribution in [0.1, 0.15) is 94.1 Å². The van der Waals surface area contributed by atoms with Gasteiger partial charge in [0.05, 0.1) is 43.7 Å². The summed E-state index contributed by atoms with van der Waals surface area (Å²) in [6.07, 6.45) is 10.1. The van der Waals surface area contributed by atoms with Crippen LogP contribution in [0.15, 0.2) is 48.6 Å². The van der Waals surface area contributed by atoms with Gasteiger partial charge in [-0.3, -0.25) is 0 Å². The van der Waals surface area contributed by atoms with Gasteiger partial charge in [-0.1, -0.05) is 50.8 Å². The van der Waals surface area contributed by atoms with E-state index in [-0.39, 0.29) is 30.3 Å². The molecular weight excluding hydrogens is 484 g/mol. The fraction of sp³-hybridized carbons (Fsp3) is 0.613. The van der Waals surface area contributed by atoms with Crippen LogP contribution in [-0.2, 0) is 23.8 Å². The molecule has 0 saturated heterocycles. The van der Waals surface area contributed by atoms with E-state index in [0.29, 0.717) is 24.9 Å². The quantitative estimate of drug-likeness (QED) is 0.150. The van der Waals surface area contributed by atoms with E-state index in [0.717, 1.165) is 58.0 Å². The first-order valence-electron chi connectivity index (χ1n) is 14.0. The smallest absolute Gasteiger partial charge is 0.335 e. The number of unbranched alkanes of at least 4 members (excludes halogenated alkanes) is 1. The van der Waals surface area contributed by atoms with Crippen LogP contribution in [0, 0.1) is 0 Å². The molecular formula is C31H46O7. The Morgan fingerprint density at radius 1 is 0.842 bits per heavy atom. The maximum atomic E-state index is 11.8. The highest BCUT2D eigenvalue weighted by Crippen LogP contribution is 2.35. The van der Waals surface area contributed by atoms with Gasteiger partial charge in [0.1, 0.15) is 0 Å². The number of aliphatic hydroxyl groups is 2. The monoisotopic (exact) mass is 530 g/mol. The van der Waals surface area contributed by atoms with Crippen LogP contribution in [0.25, 0.3) is 0 Å². The first-order valence-corrected chi connectivity index (χ1v) is 14.0. The van der Waals surface area contributed by atoms with Gasteiger partial charge in [0.25, 0.3) is 0 Å². The van der Waals surface area contributed by atoms with Crippen molar-refractivity contribution in [2.24, 2.45) is 0 Å². The van der Waals surface area contributed by atoms with Gasteiger partial charge in [0.2, 0.25) is 0 Å². The van der Waals surface area contributed by atoms with Crippen LogP contribution >= 0.6 is 0 Å². The molecule has 212 valence electrons. The topological polar surface area (TPSA) is 102 Å². The molecule has 1 fully saturated rings. The molecule has 1 aromatic rings. The number of rotatable bonds is 18. The van der Waals surface area contributed by atoms with Crippen LogP contribution in [0.2, 0.25) is 0 Å². The van der Waals surface area contributed by atoms with Gasteiger partial charge in [-0.25, -0.2) is 9.59 Å². The summed E-state index contributed by atoms with van der Waals surface area (Å²) in [4.78, 5) is 23.5. The maximum Gasteiger partial charge on any atom is 0.335 e. The minimum absolute atomic E-state index is 0.0463. The van der Waals surface area contributed by atoms with E-state index in [1.165, 1.54) is 11.1 Å². The molecule has 2 rings (SSSR count). The average molecular weight is 531 g/mol. The van der Waals surface area contributed by atoms with Gasteiger partial charge in [-0.05, 0) is 80.8 Å². The second-order valence-electron chi connectivity index (χ2n) is 10.1. The van der Waals surface area contributed by atoms with Crippen molar-refractivity contribution < 1.29 is 34.0 Å². The first kappa shape index (κ1) is 31.7. The van der Waals surface area contributed by atoms with Gasteiger partial charge >= 0.3 is 11.9 Å². The summed E-state index contributed by atoms with van der Waals surface area (Å²) in [5.41, 5.74) is 2.67. The minimum atomic E-state index is -0.574. The summed E-state index contributed by atoms with van der Waals surface area (Å²) >= 11 is 0. The van der Waals surface area contributed by atoms with Crippen LogP contribution in [-0.4, -0.2) is 61.3 Å². The molecule has 0 radical (unpaired) electrons. The lowest BCUT2D eigenvalue weighted by Crippen LogP contribution is -2.21. The van der Waals surface area contributed by atoms with Crippen molar-refractivity contribution in [1.82, 2.24) is 0 Å². The van der Waals surface area contributed by atoms with Crippen LogP contribution in [0.4, 0.5) is 0 Å². The predicted molar refractivity (Wildman–Crippen MR) is 148 cm³/mol. The molecule has 0 amide bonds. The molecule has 1 aliphatic rings. The Kier molecular flexibility index (Phi) is 15.0. The summed E-state index contributed by atoms with van der Waals surface area (Å²) in [5, 5.41) is 18.0. The normalized spacial score (nSPS) is 17.3. The number of carbonyl (C=O) groups excluding carboxylic acids is 2. The van der Waals surface area contributed by atoms with Crippen LogP contribution in [0.5, 0.6) is 0 Å². The van der Waals surface area contributed by atoms with E-state index in [2.05, 4.69) is 44.3 Å². The van der Waals surface area contributed by atoms with E-state index in [4.69, 9.17) is 24.4 Å². The van der Waals surface area contributed by atoms with E-state index in [9.17, 15) is 9.59 Å². The maximum absolute atomic E-state index is 11.8. The van der Waals surface area contributed by atoms with Crippen molar-refractivity contribution in [3.05, 3.63) is 59.7 Å². The van der Waals surface area contributed by atoms with Gasteiger partial charge in [-0.2, -0.15) is 0 Å². The Labute approximate surface area is 227 Å².